The minimum atomic E-state index is -0.260. The molecule has 0 bridgehead atoms. The average molecular weight is 410 g/mol. The van der Waals surface area contributed by atoms with Gasteiger partial charge in [0.2, 0.25) is 10.6 Å². The van der Waals surface area contributed by atoms with Gasteiger partial charge >= 0.3 is 0 Å². The van der Waals surface area contributed by atoms with Crippen LogP contribution in [-0.4, -0.2) is 19.9 Å². The van der Waals surface area contributed by atoms with Gasteiger partial charge in [-0.1, -0.05) is 53.3 Å². The summed E-state index contributed by atoms with van der Waals surface area (Å²) < 4.78 is 1.44. The quantitative estimate of drug-likeness (QED) is 0.517. The molecular formula is C21H16ClN3O2S. The first kappa shape index (κ1) is 18.4. The van der Waals surface area contributed by atoms with Crippen molar-refractivity contribution >= 4 is 22.9 Å². The molecule has 28 heavy (non-hydrogen) atoms. The normalized spacial score (nSPS) is 11.0. The second-order valence-electron chi connectivity index (χ2n) is 6.43. The molecule has 5 nitrogen and oxygen atoms in total. The first-order valence-corrected chi connectivity index (χ1v) is 9.75. The van der Waals surface area contributed by atoms with Gasteiger partial charge in [0.1, 0.15) is 10.6 Å². The fourth-order valence-electron chi connectivity index (χ4n) is 3.23. The SMILES string of the molecule is Cc1cc(-n2cc(Cl)cn2)cc(C)c1-c1c(O)nc(-c2ccccc2)sc1=O. The molecule has 7 heteroatoms. The van der Waals surface area contributed by atoms with Gasteiger partial charge < -0.3 is 5.11 Å². The summed E-state index contributed by atoms with van der Waals surface area (Å²) in [5.41, 5.74) is 4.23. The van der Waals surface area contributed by atoms with Crippen LogP contribution in [0, 0.1) is 13.8 Å². The van der Waals surface area contributed by atoms with Crippen LogP contribution in [0.3, 0.4) is 0 Å². The van der Waals surface area contributed by atoms with Gasteiger partial charge in [-0.25, -0.2) is 9.67 Å². The molecule has 0 atom stereocenters. The van der Waals surface area contributed by atoms with Gasteiger partial charge in [-0.05, 0) is 42.7 Å². The highest BCUT2D eigenvalue weighted by atomic mass is 35.5. The molecule has 0 aliphatic rings. The molecule has 1 N–H and O–H groups in total. The van der Waals surface area contributed by atoms with Crippen molar-refractivity contribution < 1.29 is 5.11 Å². The Morgan fingerprint density at radius 2 is 1.75 bits per heavy atom. The fourth-order valence-corrected chi connectivity index (χ4v) is 4.23. The van der Waals surface area contributed by atoms with Crippen molar-refractivity contribution in [2.75, 3.05) is 0 Å². The van der Waals surface area contributed by atoms with Crippen LogP contribution in [0.2, 0.25) is 5.02 Å². The molecule has 2 aromatic heterocycles. The molecule has 2 aromatic carbocycles. The molecule has 0 amide bonds. The van der Waals surface area contributed by atoms with Crippen LogP contribution in [0.25, 0.3) is 27.4 Å². The molecule has 4 aromatic rings. The first-order valence-electron chi connectivity index (χ1n) is 8.55. The monoisotopic (exact) mass is 409 g/mol. The maximum absolute atomic E-state index is 12.9. The molecular weight excluding hydrogens is 394 g/mol. The molecule has 0 aliphatic heterocycles. The number of halogens is 1. The third-order valence-corrected chi connectivity index (χ3v) is 5.53. The van der Waals surface area contributed by atoms with Gasteiger partial charge in [-0.2, -0.15) is 5.10 Å². The minimum absolute atomic E-state index is 0.227. The van der Waals surface area contributed by atoms with Crippen LogP contribution in [0.4, 0.5) is 0 Å². The summed E-state index contributed by atoms with van der Waals surface area (Å²) >= 11 is 6.99. The topological polar surface area (TPSA) is 68.0 Å². The number of hydrogen-bond donors (Lipinski definition) is 1. The Kier molecular flexibility index (Phi) is 4.75. The third kappa shape index (κ3) is 3.32. The smallest absolute Gasteiger partial charge is 0.247 e. The minimum Gasteiger partial charge on any atom is -0.493 e. The van der Waals surface area contributed by atoms with Crippen LogP contribution in [0.1, 0.15) is 11.1 Å². The van der Waals surface area contributed by atoms with E-state index in [9.17, 15) is 9.90 Å². The van der Waals surface area contributed by atoms with E-state index >= 15 is 0 Å². The molecule has 0 aliphatic carbocycles. The van der Waals surface area contributed by atoms with Crippen molar-refractivity contribution in [2.24, 2.45) is 0 Å². The van der Waals surface area contributed by atoms with Gasteiger partial charge in [-0.3, -0.25) is 4.79 Å². The zero-order valence-corrected chi connectivity index (χ0v) is 16.8. The number of aryl methyl sites for hydroxylation is 2. The van der Waals surface area contributed by atoms with Crippen molar-refractivity contribution in [2.45, 2.75) is 13.8 Å². The highest BCUT2D eigenvalue weighted by Gasteiger charge is 2.19. The number of nitrogens with zero attached hydrogens (tertiary/aromatic N) is 3. The van der Waals surface area contributed by atoms with Crippen LogP contribution in [0.5, 0.6) is 5.88 Å². The Morgan fingerprint density at radius 1 is 1.07 bits per heavy atom. The molecule has 0 unspecified atom stereocenters. The number of rotatable bonds is 3. The van der Waals surface area contributed by atoms with E-state index in [1.54, 1.807) is 17.1 Å². The van der Waals surface area contributed by atoms with Gasteiger partial charge in [0.15, 0.2) is 0 Å². The van der Waals surface area contributed by atoms with E-state index in [1.807, 2.05) is 56.3 Å². The number of aromatic nitrogens is 3. The molecule has 0 radical (unpaired) electrons. The van der Waals surface area contributed by atoms with Crippen molar-refractivity contribution in [3.63, 3.8) is 0 Å². The van der Waals surface area contributed by atoms with Crippen LogP contribution >= 0.6 is 22.9 Å². The van der Waals surface area contributed by atoms with Crippen molar-refractivity contribution in [1.82, 2.24) is 14.8 Å². The molecule has 4 rings (SSSR count). The lowest BCUT2D eigenvalue weighted by atomic mass is 9.97. The van der Waals surface area contributed by atoms with E-state index < -0.39 is 0 Å². The number of aromatic hydroxyl groups is 1. The summed E-state index contributed by atoms with van der Waals surface area (Å²) in [6.07, 6.45) is 3.28. The van der Waals surface area contributed by atoms with E-state index in [1.165, 1.54) is 0 Å². The summed E-state index contributed by atoms with van der Waals surface area (Å²) in [6, 6.07) is 13.2. The van der Waals surface area contributed by atoms with E-state index in [2.05, 4.69) is 10.1 Å². The zero-order chi connectivity index (χ0) is 19.8. The lowest BCUT2D eigenvalue weighted by Gasteiger charge is -2.13. The van der Waals surface area contributed by atoms with E-state index in [0.29, 0.717) is 15.6 Å². The van der Waals surface area contributed by atoms with Crippen LogP contribution in [0.15, 0.2) is 59.7 Å². The van der Waals surface area contributed by atoms with Crippen molar-refractivity contribution in [3.8, 4) is 33.3 Å². The summed E-state index contributed by atoms with van der Waals surface area (Å²) in [7, 11) is 0. The predicted molar refractivity (Wildman–Crippen MR) is 113 cm³/mol. The van der Waals surface area contributed by atoms with Gasteiger partial charge in [-0.15, -0.1) is 0 Å². The van der Waals surface area contributed by atoms with Crippen molar-refractivity contribution in [3.05, 3.63) is 80.5 Å². The van der Waals surface area contributed by atoms with Gasteiger partial charge in [0.25, 0.3) is 0 Å². The highest BCUT2D eigenvalue weighted by Crippen LogP contribution is 2.34. The van der Waals surface area contributed by atoms with E-state index in [-0.39, 0.29) is 16.2 Å². The maximum atomic E-state index is 12.9. The average Bonchev–Trinajstić information content (AvgIpc) is 3.10. The molecule has 0 fully saturated rings. The van der Waals surface area contributed by atoms with Crippen LogP contribution in [-0.2, 0) is 0 Å². The van der Waals surface area contributed by atoms with Crippen LogP contribution < -0.4 is 4.74 Å². The molecule has 140 valence electrons. The first-order chi connectivity index (χ1) is 13.4. The molecule has 0 saturated carbocycles. The molecule has 2 heterocycles. The highest BCUT2D eigenvalue weighted by molar-refractivity contribution is 7.12. The fraction of sp³-hybridized carbons (Fsp3) is 0.0952. The summed E-state index contributed by atoms with van der Waals surface area (Å²) in [5.74, 6) is -0.260. The largest absolute Gasteiger partial charge is 0.493 e. The second-order valence-corrected chi connectivity index (χ2v) is 7.83. The number of benzene rings is 2. The third-order valence-electron chi connectivity index (χ3n) is 4.43. The lowest BCUT2D eigenvalue weighted by Crippen LogP contribution is -2.06. The van der Waals surface area contributed by atoms with E-state index in [4.69, 9.17) is 11.6 Å². The molecule has 0 saturated heterocycles. The predicted octanol–water partition coefficient (Wildman–Crippen LogP) is 5.00. The Balaban J connectivity index is 1.84. The van der Waals surface area contributed by atoms with Gasteiger partial charge in [0, 0.05) is 11.8 Å². The van der Waals surface area contributed by atoms with Crippen molar-refractivity contribution in [1.29, 1.82) is 0 Å². The summed E-state index contributed by atoms with van der Waals surface area (Å²) in [4.78, 5) is 17.2. The zero-order valence-electron chi connectivity index (χ0n) is 15.2. The Bertz CT molecular complexity index is 1210. The summed E-state index contributed by atoms with van der Waals surface area (Å²) in [6.45, 7) is 3.79. The lowest BCUT2D eigenvalue weighted by molar-refractivity contribution is 0.457. The summed E-state index contributed by atoms with van der Waals surface area (Å²) in [5, 5.41) is 15.8. The molecule has 0 spiro atoms. The standard InChI is InChI=1S/C21H16ClN3O2S/c1-12-8-16(25-11-15(22)10-23-25)9-13(2)17(12)18-19(26)24-20(28-21(18)27)14-6-4-3-5-7-14/h3-11,26H,1-2H3. The second kappa shape index (κ2) is 7.22. The number of hydrogen-bond acceptors (Lipinski definition) is 5. The van der Waals surface area contributed by atoms with E-state index in [0.717, 1.165) is 33.7 Å². The van der Waals surface area contributed by atoms with Gasteiger partial charge in [0.05, 0.1) is 16.9 Å². The Labute approximate surface area is 170 Å². The Hall–Kier alpha value is -2.96. The Morgan fingerprint density at radius 3 is 2.32 bits per heavy atom. The maximum Gasteiger partial charge on any atom is 0.247 e.